The van der Waals surface area contributed by atoms with Crippen molar-refractivity contribution >= 4 is 17.6 Å². The lowest BCUT2D eigenvalue weighted by atomic mass is 10.2. The Hall–Kier alpha value is -2.87. The van der Waals surface area contributed by atoms with Gasteiger partial charge in [-0.3, -0.25) is 9.89 Å². The van der Waals surface area contributed by atoms with E-state index in [0.29, 0.717) is 0 Å². The normalized spacial score (nSPS) is 18.2. The fraction of sp³-hybridized carbons (Fsp3) is 0.542. The Morgan fingerprint density at radius 2 is 1.66 bits per heavy atom. The minimum absolute atomic E-state index is 0.817. The van der Waals surface area contributed by atoms with Crippen LogP contribution in [-0.2, 0) is 0 Å². The summed E-state index contributed by atoms with van der Waals surface area (Å²) >= 11 is 0. The van der Waals surface area contributed by atoms with Gasteiger partial charge in [0.15, 0.2) is 5.96 Å². The maximum Gasteiger partial charge on any atom is 0.225 e. The molecule has 4 rings (SSSR count). The molecule has 0 spiro atoms. The van der Waals surface area contributed by atoms with Gasteiger partial charge >= 0.3 is 0 Å². The van der Waals surface area contributed by atoms with E-state index in [1.165, 1.54) is 11.3 Å². The van der Waals surface area contributed by atoms with Crippen LogP contribution in [0.25, 0.3) is 0 Å². The summed E-state index contributed by atoms with van der Waals surface area (Å²) in [6, 6.07) is 10.7. The number of benzene rings is 1. The Morgan fingerprint density at radius 1 is 0.938 bits per heavy atom. The summed E-state index contributed by atoms with van der Waals surface area (Å²) in [5, 5.41) is 3.56. The Morgan fingerprint density at radius 3 is 2.34 bits per heavy atom. The molecule has 2 fully saturated rings. The Bertz CT molecular complexity index is 855. The van der Waals surface area contributed by atoms with Gasteiger partial charge in [-0.05, 0) is 43.7 Å². The molecule has 3 heterocycles. The highest BCUT2D eigenvalue weighted by Gasteiger charge is 2.21. The number of aliphatic imine (C=N–C) groups is 1. The van der Waals surface area contributed by atoms with Crippen molar-refractivity contribution in [2.75, 3.05) is 82.3 Å². The number of guanidine groups is 1. The lowest BCUT2D eigenvalue weighted by Gasteiger charge is -2.37. The molecule has 172 valence electrons. The molecule has 0 unspecified atom stereocenters. The number of anilines is 2. The molecular formula is C24H36N8. The van der Waals surface area contributed by atoms with Gasteiger partial charge in [0.25, 0.3) is 0 Å². The fourth-order valence-electron chi connectivity index (χ4n) is 4.46. The number of aryl methyl sites for hydroxylation is 1. The standard InChI is InChI=1S/C24H36N8/c1-21-6-3-7-22(20-21)30-14-12-29(13-15-30)11-5-10-26-23(25-2)31-16-18-32(19-17-31)24-27-8-4-9-28-24/h3-4,6-9,20H,5,10-19H2,1-2H3,(H,25,26). The van der Waals surface area contributed by atoms with Crippen LogP contribution >= 0.6 is 0 Å². The lowest BCUT2D eigenvalue weighted by Crippen LogP contribution is -2.53. The number of aromatic nitrogens is 2. The summed E-state index contributed by atoms with van der Waals surface area (Å²) in [5.74, 6) is 1.82. The van der Waals surface area contributed by atoms with Gasteiger partial charge in [-0.15, -0.1) is 0 Å². The van der Waals surface area contributed by atoms with E-state index in [-0.39, 0.29) is 0 Å². The SMILES string of the molecule is CN=C(NCCCN1CCN(c2cccc(C)c2)CC1)N1CCN(c2ncccn2)CC1. The van der Waals surface area contributed by atoms with E-state index in [2.05, 4.69) is 71.1 Å². The van der Waals surface area contributed by atoms with E-state index < -0.39 is 0 Å². The molecule has 1 N–H and O–H groups in total. The maximum absolute atomic E-state index is 4.51. The first kappa shape index (κ1) is 22.3. The van der Waals surface area contributed by atoms with Gasteiger partial charge in [0.05, 0.1) is 0 Å². The van der Waals surface area contributed by atoms with Crippen LogP contribution in [0.15, 0.2) is 47.7 Å². The lowest BCUT2D eigenvalue weighted by molar-refractivity contribution is 0.254. The molecule has 0 atom stereocenters. The fourth-order valence-corrected chi connectivity index (χ4v) is 4.46. The zero-order valence-electron chi connectivity index (χ0n) is 19.5. The molecule has 0 bridgehead atoms. The summed E-state index contributed by atoms with van der Waals surface area (Å²) in [6.45, 7) is 12.4. The smallest absolute Gasteiger partial charge is 0.225 e. The Balaban J connectivity index is 1.13. The highest BCUT2D eigenvalue weighted by atomic mass is 15.4. The van der Waals surface area contributed by atoms with Crippen molar-refractivity contribution in [2.45, 2.75) is 13.3 Å². The number of nitrogens with one attached hydrogen (secondary N) is 1. The van der Waals surface area contributed by atoms with E-state index >= 15 is 0 Å². The molecule has 0 aliphatic carbocycles. The van der Waals surface area contributed by atoms with Gasteiger partial charge in [0.2, 0.25) is 5.95 Å². The highest BCUT2D eigenvalue weighted by molar-refractivity contribution is 5.80. The van der Waals surface area contributed by atoms with Gasteiger partial charge in [-0.25, -0.2) is 9.97 Å². The third kappa shape index (κ3) is 5.88. The number of piperazine rings is 2. The largest absolute Gasteiger partial charge is 0.369 e. The predicted molar refractivity (Wildman–Crippen MR) is 132 cm³/mol. The second-order valence-electron chi connectivity index (χ2n) is 8.52. The first-order valence-corrected chi connectivity index (χ1v) is 11.7. The van der Waals surface area contributed by atoms with Crippen LogP contribution in [0.2, 0.25) is 0 Å². The van der Waals surface area contributed by atoms with E-state index in [4.69, 9.17) is 0 Å². The van der Waals surface area contributed by atoms with E-state index in [1.54, 1.807) is 12.4 Å². The average molecular weight is 437 g/mol. The van der Waals surface area contributed by atoms with Crippen LogP contribution in [0, 0.1) is 6.92 Å². The summed E-state index contributed by atoms with van der Waals surface area (Å²) in [7, 11) is 1.87. The van der Waals surface area contributed by atoms with Crippen LogP contribution in [0.3, 0.4) is 0 Å². The van der Waals surface area contributed by atoms with Crippen molar-refractivity contribution in [3.8, 4) is 0 Å². The van der Waals surface area contributed by atoms with Crippen molar-refractivity contribution in [3.63, 3.8) is 0 Å². The summed E-state index contributed by atoms with van der Waals surface area (Å²) in [6.07, 6.45) is 4.73. The molecule has 2 aromatic rings. The van der Waals surface area contributed by atoms with Crippen LogP contribution in [0.1, 0.15) is 12.0 Å². The molecule has 32 heavy (non-hydrogen) atoms. The average Bonchev–Trinajstić information content (AvgIpc) is 2.85. The Kier molecular flexibility index (Phi) is 7.77. The summed E-state index contributed by atoms with van der Waals surface area (Å²) in [5.41, 5.74) is 2.69. The van der Waals surface area contributed by atoms with Crippen molar-refractivity contribution in [2.24, 2.45) is 4.99 Å². The maximum atomic E-state index is 4.51. The van der Waals surface area contributed by atoms with Crippen molar-refractivity contribution < 1.29 is 0 Å². The van der Waals surface area contributed by atoms with E-state index in [9.17, 15) is 0 Å². The van der Waals surface area contributed by atoms with Gasteiger partial charge in [-0.1, -0.05) is 12.1 Å². The Labute approximate surface area is 192 Å². The first-order valence-electron chi connectivity index (χ1n) is 11.7. The highest BCUT2D eigenvalue weighted by Crippen LogP contribution is 2.17. The van der Waals surface area contributed by atoms with Gasteiger partial charge in [-0.2, -0.15) is 0 Å². The zero-order chi connectivity index (χ0) is 22.2. The topological polar surface area (TPSA) is 63.1 Å². The molecule has 0 amide bonds. The molecule has 2 saturated heterocycles. The third-order valence-corrected chi connectivity index (χ3v) is 6.30. The summed E-state index contributed by atoms with van der Waals surface area (Å²) in [4.78, 5) is 22.9. The number of rotatable bonds is 6. The van der Waals surface area contributed by atoms with Gasteiger partial charge in [0.1, 0.15) is 0 Å². The monoisotopic (exact) mass is 436 g/mol. The zero-order valence-corrected chi connectivity index (χ0v) is 19.5. The van der Waals surface area contributed by atoms with Crippen LogP contribution in [0.5, 0.6) is 0 Å². The molecule has 1 aromatic carbocycles. The number of hydrogen-bond donors (Lipinski definition) is 1. The molecule has 1 aromatic heterocycles. The third-order valence-electron chi connectivity index (χ3n) is 6.30. The van der Waals surface area contributed by atoms with Crippen LogP contribution < -0.4 is 15.1 Å². The molecule has 2 aliphatic rings. The summed E-state index contributed by atoms with van der Waals surface area (Å²) < 4.78 is 0. The van der Waals surface area contributed by atoms with Crippen molar-refractivity contribution in [3.05, 3.63) is 48.3 Å². The van der Waals surface area contributed by atoms with Crippen molar-refractivity contribution in [1.82, 2.24) is 25.1 Å². The first-order chi connectivity index (χ1) is 15.7. The molecule has 8 nitrogen and oxygen atoms in total. The minimum Gasteiger partial charge on any atom is -0.369 e. The van der Waals surface area contributed by atoms with Crippen molar-refractivity contribution in [1.29, 1.82) is 0 Å². The molecule has 2 aliphatic heterocycles. The molecule has 8 heteroatoms. The second kappa shape index (κ2) is 11.1. The minimum atomic E-state index is 0.817. The molecular weight excluding hydrogens is 400 g/mol. The van der Waals surface area contributed by atoms with Gasteiger partial charge < -0.3 is 20.0 Å². The second-order valence-corrected chi connectivity index (χ2v) is 8.52. The molecule has 0 saturated carbocycles. The number of hydrogen-bond acceptors (Lipinski definition) is 6. The predicted octanol–water partition coefficient (Wildman–Crippen LogP) is 1.69. The quantitative estimate of drug-likeness (QED) is 0.420. The van der Waals surface area contributed by atoms with Crippen LogP contribution in [-0.4, -0.2) is 98.2 Å². The number of nitrogens with zero attached hydrogens (tertiary/aromatic N) is 7. The van der Waals surface area contributed by atoms with Gasteiger partial charge in [0, 0.05) is 84.0 Å². The van der Waals surface area contributed by atoms with Crippen LogP contribution in [0.4, 0.5) is 11.6 Å². The van der Waals surface area contributed by atoms with E-state index in [0.717, 1.165) is 83.8 Å². The molecule has 0 radical (unpaired) electrons. The van der Waals surface area contributed by atoms with E-state index in [1.807, 2.05) is 13.1 Å².